The predicted molar refractivity (Wildman–Crippen MR) is 74.5 cm³/mol. The van der Waals surface area contributed by atoms with Crippen LogP contribution in [0.3, 0.4) is 0 Å². The molecule has 0 aliphatic heterocycles. The van der Waals surface area contributed by atoms with Crippen LogP contribution >= 0.6 is 11.6 Å². The van der Waals surface area contributed by atoms with Crippen LogP contribution in [0.5, 0.6) is 0 Å². The van der Waals surface area contributed by atoms with Gasteiger partial charge in [0.1, 0.15) is 0 Å². The SMILES string of the molecule is CCCC(CCO)CNc1cccc(Cl)c1N. The predicted octanol–water partition coefficient (Wildman–Crippen LogP) is 3.13. The summed E-state index contributed by atoms with van der Waals surface area (Å²) in [7, 11) is 0. The number of nitrogens with one attached hydrogen (secondary N) is 1. The largest absolute Gasteiger partial charge is 0.396 e. The molecule has 4 heteroatoms. The Balaban J connectivity index is 2.55. The molecule has 0 amide bonds. The first-order valence-corrected chi connectivity index (χ1v) is 6.45. The number of halogens is 1. The molecule has 0 fully saturated rings. The van der Waals surface area contributed by atoms with E-state index < -0.39 is 0 Å². The van der Waals surface area contributed by atoms with E-state index in [0.29, 0.717) is 16.6 Å². The van der Waals surface area contributed by atoms with Crippen molar-refractivity contribution >= 4 is 23.0 Å². The summed E-state index contributed by atoms with van der Waals surface area (Å²) < 4.78 is 0. The number of rotatable bonds is 7. The minimum absolute atomic E-state index is 0.234. The molecule has 0 aliphatic carbocycles. The fourth-order valence-corrected chi connectivity index (χ4v) is 2.06. The van der Waals surface area contributed by atoms with Crippen LogP contribution in [-0.4, -0.2) is 18.3 Å². The molecule has 1 atom stereocenters. The van der Waals surface area contributed by atoms with Crippen molar-refractivity contribution < 1.29 is 5.11 Å². The van der Waals surface area contributed by atoms with Crippen molar-refractivity contribution in [2.24, 2.45) is 5.92 Å². The van der Waals surface area contributed by atoms with E-state index in [1.165, 1.54) is 0 Å². The standard InChI is InChI=1S/C13H21ClN2O/c1-2-4-10(7-8-17)9-16-12-6-3-5-11(14)13(12)15/h3,5-6,10,16-17H,2,4,7-9,15H2,1H3. The summed E-state index contributed by atoms with van der Waals surface area (Å²) in [6.45, 7) is 3.20. The molecule has 1 aromatic carbocycles. The molecule has 0 aliphatic rings. The number of aliphatic hydroxyl groups excluding tert-OH is 1. The van der Waals surface area contributed by atoms with Crippen LogP contribution in [0.15, 0.2) is 18.2 Å². The Labute approximate surface area is 108 Å². The molecule has 17 heavy (non-hydrogen) atoms. The van der Waals surface area contributed by atoms with Gasteiger partial charge in [0.2, 0.25) is 0 Å². The highest BCUT2D eigenvalue weighted by Crippen LogP contribution is 2.27. The van der Waals surface area contributed by atoms with Crippen molar-refractivity contribution in [3.8, 4) is 0 Å². The number of hydrogen-bond donors (Lipinski definition) is 3. The molecule has 0 aromatic heterocycles. The highest BCUT2D eigenvalue weighted by atomic mass is 35.5. The summed E-state index contributed by atoms with van der Waals surface area (Å²) in [4.78, 5) is 0. The van der Waals surface area contributed by atoms with E-state index in [9.17, 15) is 0 Å². The average Bonchev–Trinajstić information content (AvgIpc) is 2.31. The molecular formula is C13H21ClN2O. The van der Waals surface area contributed by atoms with Crippen LogP contribution in [0.4, 0.5) is 11.4 Å². The highest BCUT2D eigenvalue weighted by molar-refractivity contribution is 6.33. The summed E-state index contributed by atoms with van der Waals surface area (Å²) in [5.41, 5.74) is 7.34. The van der Waals surface area contributed by atoms with Crippen LogP contribution in [0.1, 0.15) is 26.2 Å². The average molecular weight is 257 g/mol. The van der Waals surface area contributed by atoms with Gasteiger partial charge >= 0.3 is 0 Å². The van der Waals surface area contributed by atoms with Crippen LogP contribution in [0.25, 0.3) is 0 Å². The minimum Gasteiger partial charge on any atom is -0.396 e. The maximum atomic E-state index is 8.99. The maximum Gasteiger partial charge on any atom is 0.0739 e. The minimum atomic E-state index is 0.234. The van der Waals surface area contributed by atoms with Crippen LogP contribution in [0, 0.1) is 5.92 Å². The molecule has 0 heterocycles. The van der Waals surface area contributed by atoms with Crippen molar-refractivity contribution in [1.29, 1.82) is 0 Å². The lowest BCUT2D eigenvalue weighted by Gasteiger charge is -2.17. The van der Waals surface area contributed by atoms with E-state index >= 15 is 0 Å². The van der Waals surface area contributed by atoms with E-state index in [4.69, 9.17) is 22.4 Å². The molecular weight excluding hydrogens is 236 g/mol. The number of nitrogen functional groups attached to an aromatic ring is 1. The summed E-state index contributed by atoms with van der Waals surface area (Å²) in [5.74, 6) is 0.475. The topological polar surface area (TPSA) is 58.3 Å². The van der Waals surface area contributed by atoms with Gasteiger partial charge in [-0.15, -0.1) is 0 Å². The Bertz CT molecular complexity index is 338. The number of anilines is 2. The van der Waals surface area contributed by atoms with Gasteiger partial charge in [0.05, 0.1) is 16.4 Å². The fourth-order valence-electron chi connectivity index (χ4n) is 1.88. The second-order valence-electron chi connectivity index (χ2n) is 4.25. The first-order valence-electron chi connectivity index (χ1n) is 6.07. The molecule has 1 unspecified atom stereocenters. The number of benzene rings is 1. The van der Waals surface area contributed by atoms with Gasteiger partial charge < -0.3 is 16.2 Å². The molecule has 4 N–H and O–H groups in total. The zero-order chi connectivity index (χ0) is 12.7. The monoisotopic (exact) mass is 256 g/mol. The highest BCUT2D eigenvalue weighted by Gasteiger charge is 2.08. The van der Waals surface area contributed by atoms with Crippen molar-refractivity contribution in [3.05, 3.63) is 23.2 Å². The van der Waals surface area contributed by atoms with Crippen LogP contribution < -0.4 is 11.1 Å². The maximum absolute atomic E-state index is 8.99. The number of aliphatic hydroxyl groups is 1. The zero-order valence-corrected chi connectivity index (χ0v) is 11.0. The van der Waals surface area contributed by atoms with Gasteiger partial charge in [-0.05, 0) is 30.9 Å². The molecule has 0 bridgehead atoms. The van der Waals surface area contributed by atoms with Crippen molar-refractivity contribution in [2.75, 3.05) is 24.2 Å². The number of nitrogens with two attached hydrogens (primary N) is 1. The van der Waals surface area contributed by atoms with Gasteiger partial charge in [0.15, 0.2) is 0 Å². The third-order valence-corrected chi connectivity index (χ3v) is 3.20. The molecule has 0 saturated carbocycles. The summed E-state index contributed by atoms with van der Waals surface area (Å²) in [6.07, 6.45) is 3.05. The van der Waals surface area contributed by atoms with Crippen molar-refractivity contribution in [3.63, 3.8) is 0 Å². The summed E-state index contributed by atoms with van der Waals surface area (Å²) in [5, 5.41) is 12.9. The second-order valence-corrected chi connectivity index (χ2v) is 4.66. The van der Waals surface area contributed by atoms with Crippen molar-refractivity contribution in [2.45, 2.75) is 26.2 Å². The molecule has 96 valence electrons. The molecule has 0 radical (unpaired) electrons. The smallest absolute Gasteiger partial charge is 0.0739 e. The lowest BCUT2D eigenvalue weighted by Crippen LogP contribution is -2.16. The lowest BCUT2D eigenvalue weighted by atomic mass is 10.00. The normalized spacial score (nSPS) is 12.4. The van der Waals surface area contributed by atoms with E-state index in [1.54, 1.807) is 6.07 Å². The third kappa shape index (κ3) is 4.44. The van der Waals surface area contributed by atoms with Crippen LogP contribution in [0.2, 0.25) is 5.02 Å². The zero-order valence-electron chi connectivity index (χ0n) is 10.2. The second kappa shape index (κ2) is 7.41. The molecule has 1 rings (SSSR count). The van der Waals surface area contributed by atoms with Crippen LogP contribution in [-0.2, 0) is 0 Å². The molecule has 1 aromatic rings. The Kier molecular flexibility index (Phi) is 6.16. The Morgan fingerprint density at radius 3 is 2.82 bits per heavy atom. The van der Waals surface area contributed by atoms with E-state index in [2.05, 4.69) is 12.2 Å². The van der Waals surface area contributed by atoms with Gasteiger partial charge in [-0.25, -0.2) is 0 Å². The van der Waals surface area contributed by atoms with Gasteiger partial charge in [-0.3, -0.25) is 0 Å². The molecule has 3 nitrogen and oxygen atoms in total. The first-order chi connectivity index (χ1) is 8.19. The Morgan fingerprint density at radius 1 is 1.41 bits per heavy atom. The van der Waals surface area contributed by atoms with Gasteiger partial charge in [0, 0.05) is 13.2 Å². The first kappa shape index (κ1) is 14.1. The quantitative estimate of drug-likeness (QED) is 0.657. The van der Waals surface area contributed by atoms with E-state index in [1.807, 2.05) is 12.1 Å². The Hall–Kier alpha value is -0.930. The summed E-state index contributed by atoms with van der Waals surface area (Å²) >= 11 is 5.95. The van der Waals surface area contributed by atoms with Gasteiger partial charge in [-0.2, -0.15) is 0 Å². The molecule has 0 saturated heterocycles. The Morgan fingerprint density at radius 2 is 2.18 bits per heavy atom. The van der Waals surface area contributed by atoms with Crippen molar-refractivity contribution in [1.82, 2.24) is 0 Å². The van der Waals surface area contributed by atoms with E-state index in [-0.39, 0.29) is 6.61 Å². The number of para-hydroxylation sites is 1. The lowest BCUT2D eigenvalue weighted by molar-refractivity contribution is 0.255. The third-order valence-electron chi connectivity index (χ3n) is 2.87. The summed E-state index contributed by atoms with van der Waals surface area (Å²) in [6, 6.07) is 5.57. The van der Waals surface area contributed by atoms with Gasteiger partial charge in [0.25, 0.3) is 0 Å². The molecule has 0 spiro atoms. The number of hydrogen-bond acceptors (Lipinski definition) is 3. The van der Waals surface area contributed by atoms with Gasteiger partial charge in [-0.1, -0.05) is 31.0 Å². The van der Waals surface area contributed by atoms with E-state index in [0.717, 1.165) is 31.5 Å². The fraction of sp³-hybridized carbons (Fsp3) is 0.538.